The highest BCUT2D eigenvalue weighted by Crippen LogP contribution is 2.14. The summed E-state index contributed by atoms with van der Waals surface area (Å²) >= 11 is 0. The number of rotatable bonds is 6. The molecule has 0 radical (unpaired) electrons. The van der Waals surface area contributed by atoms with E-state index in [1.54, 1.807) is 12.5 Å². The van der Waals surface area contributed by atoms with Gasteiger partial charge >= 0.3 is 0 Å². The number of hydrogen-bond acceptors (Lipinski definition) is 7. The lowest BCUT2D eigenvalue weighted by Crippen LogP contribution is -2.54. The van der Waals surface area contributed by atoms with Crippen molar-refractivity contribution in [3.63, 3.8) is 0 Å². The summed E-state index contributed by atoms with van der Waals surface area (Å²) < 4.78 is 0. The summed E-state index contributed by atoms with van der Waals surface area (Å²) in [5.41, 5.74) is 2.78. The minimum Gasteiger partial charge on any atom is -0.358 e. The first kappa shape index (κ1) is 20.4. The van der Waals surface area contributed by atoms with Crippen LogP contribution in [0, 0.1) is 0 Å². The zero-order valence-corrected chi connectivity index (χ0v) is 16.2. The van der Waals surface area contributed by atoms with Crippen LogP contribution < -0.4 is 15.7 Å². The number of carbonyl (C=O) groups is 2. The average molecular weight is 396 g/mol. The fourth-order valence-electron chi connectivity index (χ4n) is 3.16. The van der Waals surface area contributed by atoms with Gasteiger partial charge in [0.05, 0.1) is 5.56 Å². The van der Waals surface area contributed by atoms with Gasteiger partial charge in [-0.15, -0.1) is 0 Å². The molecule has 3 N–H and O–H groups in total. The monoisotopic (exact) mass is 396 g/mol. The van der Waals surface area contributed by atoms with Crippen molar-refractivity contribution in [2.24, 2.45) is 0 Å². The van der Waals surface area contributed by atoms with Crippen LogP contribution in [-0.4, -0.2) is 71.2 Å². The summed E-state index contributed by atoms with van der Waals surface area (Å²) in [7, 11) is 1.64. The smallest absolute Gasteiger partial charge is 0.277 e. The van der Waals surface area contributed by atoms with E-state index in [0.717, 1.165) is 5.56 Å². The van der Waals surface area contributed by atoms with E-state index < -0.39 is 5.91 Å². The third-order valence-corrected chi connectivity index (χ3v) is 4.78. The summed E-state index contributed by atoms with van der Waals surface area (Å²) in [6, 6.07) is 9.50. The fraction of sp³-hybridized carbons (Fsp3) is 0.300. The van der Waals surface area contributed by atoms with Gasteiger partial charge in [-0.2, -0.15) is 0 Å². The molecule has 2 heterocycles. The topological polar surface area (TPSA) is 111 Å². The second kappa shape index (κ2) is 9.76. The molecule has 3 rings (SSSR count). The molecule has 2 aromatic rings. The van der Waals surface area contributed by atoms with Crippen LogP contribution in [0.1, 0.15) is 15.9 Å². The van der Waals surface area contributed by atoms with Gasteiger partial charge in [0.15, 0.2) is 0 Å². The lowest BCUT2D eigenvalue weighted by molar-refractivity contribution is -0.124. The van der Waals surface area contributed by atoms with Gasteiger partial charge in [0.2, 0.25) is 11.9 Å². The van der Waals surface area contributed by atoms with E-state index in [0.29, 0.717) is 32.1 Å². The van der Waals surface area contributed by atoms with Crippen molar-refractivity contribution < 1.29 is 14.8 Å². The van der Waals surface area contributed by atoms with Gasteiger partial charge in [0.1, 0.15) is 6.04 Å². The minimum absolute atomic E-state index is 0.0544. The maximum absolute atomic E-state index is 12.4. The Balaban J connectivity index is 1.64. The molecule has 0 aliphatic carbocycles. The van der Waals surface area contributed by atoms with E-state index in [2.05, 4.69) is 20.2 Å². The Hall–Kier alpha value is -3.30. The average Bonchev–Trinajstić information content (AvgIpc) is 2.79. The molecule has 1 aliphatic heterocycles. The second-order valence-electron chi connectivity index (χ2n) is 6.56. The lowest BCUT2D eigenvalue weighted by Gasteiger charge is -2.37. The van der Waals surface area contributed by atoms with E-state index in [9.17, 15) is 9.59 Å². The Bertz CT molecular complexity index is 848. The number of nitrogens with zero attached hydrogens (tertiary/aromatic N) is 4. The summed E-state index contributed by atoms with van der Waals surface area (Å²) in [5, 5.41) is 11.4. The van der Waals surface area contributed by atoms with Crippen LogP contribution in [0.4, 0.5) is 5.95 Å². The second-order valence-corrected chi connectivity index (χ2v) is 6.56. The Morgan fingerprint density at radius 1 is 1.10 bits per heavy atom. The zero-order chi connectivity index (χ0) is 20.6. The summed E-state index contributed by atoms with van der Waals surface area (Å²) in [5.74, 6) is -0.197. The highest BCUT2D eigenvalue weighted by molar-refractivity contribution is 5.92. The third-order valence-electron chi connectivity index (χ3n) is 4.78. The van der Waals surface area contributed by atoms with E-state index >= 15 is 0 Å². The number of carbonyl (C=O) groups excluding carboxylic acids is 2. The van der Waals surface area contributed by atoms with Crippen molar-refractivity contribution >= 4 is 23.8 Å². The van der Waals surface area contributed by atoms with Crippen molar-refractivity contribution in [2.75, 3.05) is 38.1 Å². The van der Waals surface area contributed by atoms with E-state index in [1.807, 2.05) is 47.4 Å². The molecule has 1 saturated heterocycles. The largest absolute Gasteiger partial charge is 0.358 e. The summed E-state index contributed by atoms with van der Waals surface area (Å²) in [6.07, 6.45) is 6.62. The SMILES string of the molecule is CNC(=O)C(/C=C/c1ccccc1)N1CCN(c2ncc(C(=O)NO)cn2)CC1. The normalized spacial score (nSPS) is 15.9. The van der Waals surface area contributed by atoms with Crippen LogP contribution in [0.5, 0.6) is 0 Å². The zero-order valence-electron chi connectivity index (χ0n) is 16.2. The molecule has 0 spiro atoms. The number of piperazine rings is 1. The molecule has 1 atom stereocenters. The van der Waals surface area contributed by atoms with Crippen LogP contribution in [0.25, 0.3) is 6.08 Å². The van der Waals surface area contributed by atoms with E-state index in [1.165, 1.54) is 12.4 Å². The Labute approximate surface area is 169 Å². The molecule has 0 saturated carbocycles. The number of nitrogens with one attached hydrogen (secondary N) is 2. The maximum atomic E-state index is 12.4. The quantitative estimate of drug-likeness (QED) is 0.483. The first-order chi connectivity index (χ1) is 14.1. The van der Waals surface area contributed by atoms with Gasteiger partial charge in [0.25, 0.3) is 5.91 Å². The number of hydrogen-bond donors (Lipinski definition) is 3. The Morgan fingerprint density at radius 3 is 2.34 bits per heavy atom. The number of anilines is 1. The number of amides is 2. The predicted molar refractivity (Wildman–Crippen MR) is 108 cm³/mol. The maximum Gasteiger partial charge on any atom is 0.277 e. The highest BCUT2D eigenvalue weighted by atomic mass is 16.5. The van der Waals surface area contributed by atoms with Crippen LogP contribution >= 0.6 is 0 Å². The third kappa shape index (κ3) is 5.15. The Kier molecular flexibility index (Phi) is 6.88. The molecule has 152 valence electrons. The standard InChI is InChI=1S/C20H24N6O3/c1-21-19(28)17(8-7-15-5-3-2-4-6-15)25-9-11-26(12-10-25)20-22-13-16(14-23-20)18(27)24-29/h2-8,13-14,17,29H,9-12H2,1H3,(H,21,28)(H,24,27)/b8-7+. The van der Waals surface area contributed by atoms with Crippen molar-refractivity contribution in [1.82, 2.24) is 25.7 Å². The molecule has 1 aromatic carbocycles. The van der Waals surface area contributed by atoms with Gasteiger partial charge in [-0.25, -0.2) is 15.4 Å². The Morgan fingerprint density at radius 2 is 1.76 bits per heavy atom. The molecule has 1 fully saturated rings. The molecule has 9 nitrogen and oxygen atoms in total. The van der Waals surface area contributed by atoms with Crippen LogP contribution in [0.15, 0.2) is 48.8 Å². The van der Waals surface area contributed by atoms with Crippen molar-refractivity contribution in [3.8, 4) is 0 Å². The summed E-state index contributed by atoms with van der Waals surface area (Å²) in [6.45, 7) is 2.63. The molecule has 1 aromatic heterocycles. The lowest BCUT2D eigenvalue weighted by atomic mass is 10.1. The van der Waals surface area contributed by atoms with Crippen molar-refractivity contribution in [3.05, 3.63) is 59.9 Å². The minimum atomic E-state index is -0.653. The predicted octanol–water partition coefficient (Wildman–Crippen LogP) is 0.546. The molecular weight excluding hydrogens is 372 g/mol. The van der Waals surface area contributed by atoms with Gasteiger partial charge in [-0.3, -0.25) is 19.7 Å². The number of benzene rings is 1. The molecular formula is C20H24N6O3. The summed E-state index contributed by atoms with van der Waals surface area (Å²) in [4.78, 5) is 36.3. The van der Waals surface area contributed by atoms with Crippen LogP contribution in [0.3, 0.4) is 0 Å². The molecule has 29 heavy (non-hydrogen) atoms. The fourth-order valence-corrected chi connectivity index (χ4v) is 3.16. The van der Waals surface area contributed by atoms with E-state index in [-0.39, 0.29) is 17.5 Å². The molecule has 0 bridgehead atoms. The molecule has 9 heteroatoms. The van der Waals surface area contributed by atoms with Gasteiger partial charge in [0, 0.05) is 45.6 Å². The number of likely N-dealkylation sites (N-methyl/N-ethyl adjacent to an activating group) is 1. The highest BCUT2D eigenvalue weighted by Gasteiger charge is 2.27. The first-order valence-electron chi connectivity index (χ1n) is 9.32. The first-order valence-corrected chi connectivity index (χ1v) is 9.32. The van der Waals surface area contributed by atoms with Gasteiger partial charge in [-0.1, -0.05) is 42.5 Å². The van der Waals surface area contributed by atoms with Gasteiger partial charge in [-0.05, 0) is 5.56 Å². The van der Waals surface area contributed by atoms with Crippen molar-refractivity contribution in [1.29, 1.82) is 0 Å². The van der Waals surface area contributed by atoms with Crippen LogP contribution in [0.2, 0.25) is 0 Å². The number of hydroxylamine groups is 1. The number of aromatic nitrogens is 2. The van der Waals surface area contributed by atoms with Gasteiger partial charge < -0.3 is 10.2 Å². The van der Waals surface area contributed by atoms with Crippen molar-refractivity contribution in [2.45, 2.75) is 6.04 Å². The molecule has 1 aliphatic rings. The van der Waals surface area contributed by atoms with Crippen LogP contribution in [-0.2, 0) is 4.79 Å². The van der Waals surface area contributed by atoms with E-state index in [4.69, 9.17) is 5.21 Å². The molecule has 1 unspecified atom stereocenters. The molecule has 2 amide bonds.